The average Bonchev–Trinajstić information content (AvgIpc) is 2.73. The van der Waals surface area contributed by atoms with E-state index in [9.17, 15) is 22.7 Å². The predicted molar refractivity (Wildman–Crippen MR) is 107 cm³/mol. The van der Waals surface area contributed by atoms with Crippen LogP contribution in [0.1, 0.15) is 17.3 Å². The van der Waals surface area contributed by atoms with Crippen molar-refractivity contribution in [2.75, 3.05) is 41.4 Å². The van der Waals surface area contributed by atoms with Gasteiger partial charge in [0.05, 0.1) is 30.0 Å². The van der Waals surface area contributed by atoms with Crippen molar-refractivity contribution in [3.8, 4) is 0 Å². The highest BCUT2D eigenvalue weighted by molar-refractivity contribution is 7.80. The monoisotopic (exact) mass is 454 g/mol. The van der Waals surface area contributed by atoms with Crippen LogP contribution in [0, 0.1) is 11.6 Å². The van der Waals surface area contributed by atoms with Gasteiger partial charge in [-0.15, -0.1) is 0 Å². The van der Waals surface area contributed by atoms with Crippen molar-refractivity contribution in [2.24, 2.45) is 0 Å². The molecule has 1 unspecified atom stereocenters. The van der Waals surface area contributed by atoms with Crippen LogP contribution in [0.25, 0.3) is 0 Å². The van der Waals surface area contributed by atoms with Gasteiger partial charge < -0.3 is 19.9 Å². The first kappa shape index (κ1) is 22.7. The minimum Gasteiger partial charge on any atom is -0.754 e. The second-order valence-corrected chi connectivity index (χ2v) is 7.16. The third-order valence-electron chi connectivity index (χ3n) is 4.23. The van der Waals surface area contributed by atoms with E-state index in [1.807, 2.05) is 0 Å². The Bertz CT molecular complexity index is 1000. The molecule has 0 aliphatic carbocycles. The summed E-state index contributed by atoms with van der Waals surface area (Å²) in [6.45, 7) is 2.12. The van der Waals surface area contributed by atoms with Gasteiger partial charge in [0.1, 0.15) is 23.0 Å². The van der Waals surface area contributed by atoms with Crippen LogP contribution in [0.3, 0.4) is 0 Å². The van der Waals surface area contributed by atoms with Crippen LogP contribution in [-0.2, 0) is 20.8 Å². The lowest BCUT2D eigenvalue weighted by Crippen LogP contribution is -2.50. The van der Waals surface area contributed by atoms with E-state index < -0.39 is 40.2 Å². The Labute approximate surface area is 178 Å². The van der Waals surface area contributed by atoms with Gasteiger partial charge in [0.2, 0.25) is 5.91 Å². The Morgan fingerprint density at radius 1 is 1.19 bits per heavy atom. The van der Waals surface area contributed by atoms with Crippen molar-refractivity contribution >= 4 is 40.3 Å². The first-order valence-corrected chi connectivity index (χ1v) is 10.1. The number of carbonyl (C=O) groups excluding carboxylic acids is 2. The summed E-state index contributed by atoms with van der Waals surface area (Å²) in [6, 6.07) is 4.47. The number of halogens is 2. The minimum atomic E-state index is -2.90. The Morgan fingerprint density at radius 3 is 2.48 bits per heavy atom. The second-order valence-electron chi connectivity index (χ2n) is 6.38. The van der Waals surface area contributed by atoms with Crippen molar-refractivity contribution in [2.45, 2.75) is 6.92 Å². The van der Waals surface area contributed by atoms with E-state index in [4.69, 9.17) is 4.74 Å². The number of carbonyl (C=O) groups is 2. The van der Waals surface area contributed by atoms with Crippen LogP contribution >= 0.6 is 0 Å². The molecule has 166 valence electrons. The van der Waals surface area contributed by atoms with E-state index >= 15 is 4.39 Å². The number of amides is 2. The van der Waals surface area contributed by atoms with E-state index in [1.54, 1.807) is 0 Å². The predicted octanol–water partition coefficient (Wildman–Crippen LogP) is 1.42. The molecule has 0 saturated carbocycles. The summed E-state index contributed by atoms with van der Waals surface area (Å²) in [4.78, 5) is 27.3. The van der Waals surface area contributed by atoms with E-state index in [0.29, 0.717) is 4.41 Å². The molecule has 3 rings (SSSR count). The van der Waals surface area contributed by atoms with Crippen LogP contribution in [0.15, 0.2) is 30.5 Å². The highest BCUT2D eigenvalue weighted by Crippen LogP contribution is 2.31. The van der Waals surface area contributed by atoms with E-state index in [0.717, 1.165) is 18.3 Å². The summed E-state index contributed by atoms with van der Waals surface area (Å²) in [7, 11) is 0. The lowest BCUT2D eigenvalue weighted by atomic mass is 10.2. The number of hydrazine groups is 1. The number of anilines is 3. The molecular weight excluding hydrogens is 436 g/mol. The molecule has 1 aromatic carbocycles. The van der Waals surface area contributed by atoms with Gasteiger partial charge in [0, 0.05) is 26.2 Å². The van der Waals surface area contributed by atoms with Gasteiger partial charge in [0.15, 0.2) is 5.82 Å². The summed E-state index contributed by atoms with van der Waals surface area (Å²) in [5, 5.41) is 5.86. The van der Waals surface area contributed by atoms with Gasteiger partial charge in [-0.3, -0.25) is 13.8 Å². The molecule has 1 saturated heterocycles. The molecule has 0 radical (unpaired) electrons. The molecule has 0 bridgehead atoms. The molecule has 1 aromatic heterocycles. The molecule has 2 heterocycles. The lowest BCUT2D eigenvalue weighted by molar-refractivity contribution is -0.114. The molecule has 2 aromatic rings. The largest absolute Gasteiger partial charge is 0.754 e. The molecule has 13 heteroatoms. The standard InChI is InChI=1S/C18H19F2N5O5S/c1-11(26)22-15-5-2-12(10-21-15)18(27)23-17-13(19)3-4-14(16(17)20)25(31(28)29)24-6-8-30-9-7-24/h2-5,10H,6-9H2,1H3,(H,23,27)(H,28,29)(H,21,22,26)/p-1. The van der Waals surface area contributed by atoms with Gasteiger partial charge in [-0.2, -0.15) is 0 Å². The fourth-order valence-corrected chi connectivity index (χ4v) is 3.49. The SMILES string of the molecule is CC(=O)Nc1ccc(C(=O)Nc2c(F)ccc(N(N3CCOCC3)S(=O)[O-])c2F)cn1. The van der Waals surface area contributed by atoms with Crippen LogP contribution in [0.4, 0.5) is 26.0 Å². The van der Waals surface area contributed by atoms with Crippen molar-refractivity contribution < 1.29 is 31.9 Å². The first-order chi connectivity index (χ1) is 14.8. The van der Waals surface area contributed by atoms with Crippen molar-refractivity contribution in [3.05, 3.63) is 47.7 Å². The molecule has 1 aliphatic heterocycles. The van der Waals surface area contributed by atoms with E-state index in [1.165, 1.54) is 24.1 Å². The van der Waals surface area contributed by atoms with Gasteiger partial charge >= 0.3 is 0 Å². The number of hydrogen-bond donors (Lipinski definition) is 2. The molecule has 1 fully saturated rings. The number of nitrogens with one attached hydrogen (secondary N) is 2. The van der Waals surface area contributed by atoms with Gasteiger partial charge in [-0.1, -0.05) is 0 Å². The average molecular weight is 454 g/mol. The Morgan fingerprint density at radius 2 is 1.90 bits per heavy atom. The molecule has 10 nitrogen and oxygen atoms in total. The maximum Gasteiger partial charge on any atom is 0.257 e. The fourth-order valence-electron chi connectivity index (χ4n) is 2.83. The maximum absolute atomic E-state index is 15.1. The third-order valence-corrected chi connectivity index (χ3v) is 4.94. The highest BCUT2D eigenvalue weighted by Gasteiger charge is 2.26. The number of morpholine rings is 1. The summed E-state index contributed by atoms with van der Waals surface area (Å²) in [5.74, 6) is -3.38. The zero-order valence-electron chi connectivity index (χ0n) is 16.3. The molecule has 31 heavy (non-hydrogen) atoms. The van der Waals surface area contributed by atoms with Crippen LogP contribution in [0.5, 0.6) is 0 Å². The van der Waals surface area contributed by atoms with Crippen molar-refractivity contribution in [3.63, 3.8) is 0 Å². The molecule has 2 N–H and O–H groups in total. The van der Waals surface area contributed by atoms with Crippen LogP contribution < -0.4 is 15.0 Å². The Hall–Kier alpha value is -3.00. The van der Waals surface area contributed by atoms with E-state index in [-0.39, 0.29) is 43.6 Å². The zero-order chi connectivity index (χ0) is 22.5. The number of hydrogen-bond acceptors (Lipinski definition) is 7. The zero-order valence-corrected chi connectivity index (χ0v) is 17.1. The molecular formula is C18H18F2N5O5S-. The Kier molecular flexibility index (Phi) is 7.22. The maximum atomic E-state index is 15.1. The summed E-state index contributed by atoms with van der Waals surface area (Å²) < 4.78 is 58.7. The Balaban J connectivity index is 1.87. The molecule has 0 spiro atoms. The number of benzene rings is 1. The molecule has 1 aliphatic rings. The molecule has 1 atom stereocenters. The number of ether oxygens (including phenoxy) is 1. The number of pyridine rings is 1. The summed E-state index contributed by atoms with van der Waals surface area (Å²) in [6.07, 6.45) is 1.12. The van der Waals surface area contributed by atoms with Crippen LogP contribution in [0.2, 0.25) is 0 Å². The quantitative estimate of drug-likeness (QED) is 0.632. The number of nitrogens with zero attached hydrogens (tertiary/aromatic N) is 3. The van der Waals surface area contributed by atoms with Gasteiger partial charge in [-0.25, -0.2) is 23.2 Å². The summed E-state index contributed by atoms with van der Waals surface area (Å²) >= 11 is -2.90. The number of aromatic nitrogens is 1. The van der Waals surface area contributed by atoms with E-state index in [2.05, 4.69) is 15.6 Å². The third kappa shape index (κ3) is 5.38. The van der Waals surface area contributed by atoms with Crippen LogP contribution in [-0.4, -0.2) is 56.9 Å². The number of rotatable bonds is 6. The summed E-state index contributed by atoms with van der Waals surface area (Å²) in [5.41, 5.74) is -1.29. The lowest BCUT2D eigenvalue weighted by Gasteiger charge is -2.39. The highest BCUT2D eigenvalue weighted by atomic mass is 32.2. The molecule has 2 amide bonds. The minimum absolute atomic E-state index is 0.0317. The smallest absolute Gasteiger partial charge is 0.257 e. The second kappa shape index (κ2) is 9.87. The topological polar surface area (TPSA) is 127 Å². The fraction of sp³-hybridized carbons (Fsp3) is 0.278. The van der Waals surface area contributed by atoms with Gasteiger partial charge in [0.25, 0.3) is 5.91 Å². The first-order valence-electron chi connectivity index (χ1n) is 9.03. The normalized spacial score (nSPS) is 15.2. The van der Waals surface area contributed by atoms with Gasteiger partial charge in [-0.05, 0) is 24.3 Å². The van der Waals surface area contributed by atoms with Crippen molar-refractivity contribution in [1.82, 2.24) is 9.99 Å². The van der Waals surface area contributed by atoms with Crippen molar-refractivity contribution in [1.29, 1.82) is 0 Å².